The number of sulfonamides is 1. The SMILES string of the molecule is Cc1ccc(NC(=O)Cn2cnc3sc(C)c(S(=O)(=O)N4CCN(c5ncccn5)CC4)c3c2=O)c(Cl)c1. The summed E-state index contributed by atoms with van der Waals surface area (Å²) < 4.78 is 29.9. The van der Waals surface area contributed by atoms with Crippen molar-refractivity contribution < 1.29 is 13.2 Å². The van der Waals surface area contributed by atoms with Crippen molar-refractivity contribution in [2.75, 3.05) is 36.4 Å². The van der Waals surface area contributed by atoms with E-state index in [0.29, 0.717) is 39.5 Å². The zero-order valence-electron chi connectivity index (χ0n) is 20.6. The second-order valence-corrected chi connectivity index (χ2v) is 12.3. The molecule has 0 unspecified atom stereocenters. The zero-order valence-corrected chi connectivity index (χ0v) is 23.0. The van der Waals surface area contributed by atoms with Gasteiger partial charge >= 0.3 is 0 Å². The molecule has 4 heterocycles. The molecule has 5 rings (SSSR count). The van der Waals surface area contributed by atoms with Crippen LogP contribution in [0.1, 0.15) is 10.4 Å². The second-order valence-electron chi connectivity index (χ2n) is 8.82. The molecule has 4 aromatic rings. The number of aromatic nitrogens is 4. The van der Waals surface area contributed by atoms with E-state index in [-0.39, 0.29) is 29.9 Å². The van der Waals surface area contributed by atoms with Gasteiger partial charge in [0.05, 0.1) is 22.4 Å². The van der Waals surface area contributed by atoms with Crippen LogP contribution in [0.2, 0.25) is 5.02 Å². The molecule has 1 amide bonds. The Morgan fingerprint density at radius 3 is 2.50 bits per heavy atom. The smallest absolute Gasteiger partial charge is 0.263 e. The number of hydrogen-bond acceptors (Lipinski definition) is 9. The van der Waals surface area contributed by atoms with Gasteiger partial charge in [-0.2, -0.15) is 4.31 Å². The first-order valence-corrected chi connectivity index (χ1v) is 14.4. The number of carbonyl (C=O) groups excluding carboxylic acids is 1. The summed E-state index contributed by atoms with van der Waals surface area (Å²) in [6.45, 7) is 4.43. The highest BCUT2D eigenvalue weighted by molar-refractivity contribution is 7.89. The molecule has 1 aliphatic rings. The number of thiophene rings is 1. The lowest BCUT2D eigenvalue weighted by molar-refractivity contribution is -0.116. The van der Waals surface area contributed by atoms with Crippen molar-refractivity contribution in [3.8, 4) is 0 Å². The van der Waals surface area contributed by atoms with Gasteiger partial charge in [0.2, 0.25) is 21.9 Å². The van der Waals surface area contributed by atoms with E-state index in [1.807, 2.05) is 11.8 Å². The van der Waals surface area contributed by atoms with Gasteiger partial charge in [-0.15, -0.1) is 11.3 Å². The summed E-state index contributed by atoms with van der Waals surface area (Å²) in [6, 6.07) is 6.92. The summed E-state index contributed by atoms with van der Waals surface area (Å²) in [4.78, 5) is 41.5. The maximum Gasteiger partial charge on any atom is 0.263 e. The Bertz CT molecular complexity index is 1680. The van der Waals surface area contributed by atoms with E-state index >= 15 is 0 Å². The summed E-state index contributed by atoms with van der Waals surface area (Å²) in [7, 11) is -4.00. The highest BCUT2D eigenvalue weighted by Gasteiger charge is 2.34. The molecule has 3 aromatic heterocycles. The first-order valence-electron chi connectivity index (χ1n) is 11.7. The van der Waals surface area contributed by atoms with E-state index in [9.17, 15) is 18.0 Å². The van der Waals surface area contributed by atoms with Gasteiger partial charge in [0.15, 0.2) is 0 Å². The largest absolute Gasteiger partial charge is 0.338 e. The first-order chi connectivity index (χ1) is 18.1. The number of aryl methyl sites for hydroxylation is 2. The van der Waals surface area contributed by atoms with Crippen molar-refractivity contribution in [2.45, 2.75) is 25.3 Å². The van der Waals surface area contributed by atoms with Crippen LogP contribution < -0.4 is 15.8 Å². The van der Waals surface area contributed by atoms with Crippen molar-refractivity contribution in [1.82, 2.24) is 23.8 Å². The molecule has 0 radical (unpaired) electrons. The van der Waals surface area contributed by atoms with Gasteiger partial charge in [0.1, 0.15) is 16.3 Å². The van der Waals surface area contributed by atoms with Gasteiger partial charge in [0, 0.05) is 43.4 Å². The first kappa shape index (κ1) is 26.2. The molecule has 11 nitrogen and oxygen atoms in total. The Labute approximate surface area is 227 Å². The predicted octanol–water partition coefficient (Wildman–Crippen LogP) is 2.67. The van der Waals surface area contributed by atoms with Gasteiger partial charge in [-0.05, 0) is 37.6 Å². The van der Waals surface area contributed by atoms with Gasteiger partial charge in [-0.25, -0.2) is 23.4 Å². The highest BCUT2D eigenvalue weighted by atomic mass is 35.5. The number of piperazine rings is 1. The zero-order chi connectivity index (χ0) is 27.0. The molecule has 0 spiro atoms. The van der Waals surface area contributed by atoms with Crippen LogP contribution in [0.5, 0.6) is 0 Å². The molecule has 38 heavy (non-hydrogen) atoms. The van der Waals surface area contributed by atoms with E-state index in [2.05, 4.69) is 20.3 Å². The third-order valence-corrected chi connectivity index (χ3v) is 9.71. The Morgan fingerprint density at radius 1 is 1.11 bits per heavy atom. The van der Waals surface area contributed by atoms with Crippen LogP contribution in [0, 0.1) is 13.8 Å². The average molecular weight is 574 g/mol. The van der Waals surface area contributed by atoms with Gasteiger partial charge in [0.25, 0.3) is 5.56 Å². The fourth-order valence-corrected chi connectivity index (χ4v) is 7.69. The van der Waals surface area contributed by atoms with Crippen molar-refractivity contribution in [2.24, 2.45) is 0 Å². The van der Waals surface area contributed by atoms with Crippen molar-refractivity contribution >= 4 is 60.7 Å². The molecule has 1 aromatic carbocycles. The molecule has 198 valence electrons. The molecule has 0 aliphatic carbocycles. The molecule has 0 saturated carbocycles. The molecule has 14 heteroatoms. The minimum absolute atomic E-state index is 0.00927. The molecular formula is C24H24ClN7O4S2. The maximum atomic E-state index is 13.7. The Kier molecular flexibility index (Phi) is 7.18. The summed E-state index contributed by atoms with van der Waals surface area (Å²) in [5, 5.41) is 3.05. The van der Waals surface area contributed by atoms with E-state index in [1.54, 1.807) is 43.6 Å². The quantitative estimate of drug-likeness (QED) is 0.372. The van der Waals surface area contributed by atoms with Crippen LogP contribution in [0.15, 0.2) is 52.7 Å². The highest BCUT2D eigenvalue weighted by Crippen LogP contribution is 2.33. The monoisotopic (exact) mass is 573 g/mol. The number of nitrogens with zero attached hydrogens (tertiary/aromatic N) is 6. The van der Waals surface area contributed by atoms with Crippen molar-refractivity contribution in [3.63, 3.8) is 0 Å². The van der Waals surface area contributed by atoms with Crippen molar-refractivity contribution in [3.05, 3.63) is 68.8 Å². The van der Waals surface area contributed by atoms with E-state index < -0.39 is 21.5 Å². The molecule has 1 fully saturated rings. The van der Waals surface area contributed by atoms with Gasteiger partial charge < -0.3 is 10.2 Å². The van der Waals surface area contributed by atoms with Crippen LogP contribution in [-0.4, -0.2) is 64.3 Å². The van der Waals surface area contributed by atoms with Crippen LogP contribution in [0.25, 0.3) is 10.2 Å². The number of halogens is 1. The lowest BCUT2D eigenvalue weighted by Crippen LogP contribution is -2.49. The molecule has 1 saturated heterocycles. The molecule has 0 atom stereocenters. The second kappa shape index (κ2) is 10.4. The van der Waals surface area contributed by atoms with E-state index in [1.165, 1.54) is 10.6 Å². The minimum Gasteiger partial charge on any atom is -0.338 e. The van der Waals surface area contributed by atoms with E-state index in [4.69, 9.17) is 11.6 Å². The number of benzene rings is 1. The number of carbonyl (C=O) groups is 1. The average Bonchev–Trinajstić information content (AvgIpc) is 3.25. The Balaban J connectivity index is 1.40. The van der Waals surface area contributed by atoms with Crippen LogP contribution >= 0.6 is 22.9 Å². The van der Waals surface area contributed by atoms with Crippen LogP contribution in [0.3, 0.4) is 0 Å². The number of amides is 1. The molecule has 1 aliphatic heterocycles. The Hall–Kier alpha value is -3.39. The summed E-state index contributed by atoms with van der Waals surface area (Å²) >= 11 is 7.34. The fourth-order valence-electron chi connectivity index (χ4n) is 4.31. The van der Waals surface area contributed by atoms with Gasteiger partial charge in [-0.3, -0.25) is 14.2 Å². The topological polar surface area (TPSA) is 130 Å². The number of rotatable bonds is 6. The summed E-state index contributed by atoms with van der Waals surface area (Å²) in [6.07, 6.45) is 4.53. The third-order valence-electron chi connectivity index (χ3n) is 6.18. The minimum atomic E-state index is -4.00. The maximum absolute atomic E-state index is 13.7. The van der Waals surface area contributed by atoms with Crippen molar-refractivity contribution in [1.29, 1.82) is 0 Å². The molecule has 0 bridgehead atoms. The van der Waals surface area contributed by atoms with E-state index in [0.717, 1.165) is 21.5 Å². The normalized spacial score (nSPS) is 14.7. The molecular weight excluding hydrogens is 550 g/mol. The fraction of sp³-hybridized carbons (Fsp3) is 0.292. The lowest BCUT2D eigenvalue weighted by atomic mass is 10.2. The number of anilines is 2. The Morgan fingerprint density at radius 2 is 1.82 bits per heavy atom. The number of fused-ring (bicyclic) bond motifs is 1. The standard InChI is InChI=1S/C24H24ClN7O4S2/c1-15-4-5-18(17(25)12-15)29-19(33)13-31-14-28-22-20(23(31)34)21(16(2)37-22)38(35,36)32-10-8-30(9-11-32)24-26-6-3-7-27-24/h3-7,12,14H,8-11,13H2,1-2H3,(H,29,33). The van der Waals surface area contributed by atoms with Crippen LogP contribution in [-0.2, 0) is 21.4 Å². The predicted molar refractivity (Wildman–Crippen MR) is 146 cm³/mol. The third kappa shape index (κ3) is 5.01. The number of hydrogen-bond donors (Lipinski definition) is 1. The summed E-state index contributed by atoms with van der Waals surface area (Å²) in [5.74, 6) is 0.0496. The molecule has 1 N–H and O–H groups in total. The number of nitrogens with one attached hydrogen (secondary N) is 1. The van der Waals surface area contributed by atoms with Crippen LogP contribution in [0.4, 0.5) is 11.6 Å². The summed E-state index contributed by atoms with van der Waals surface area (Å²) in [5.41, 5.74) is 0.758. The van der Waals surface area contributed by atoms with Gasteiger partial charge in [-0.1, -0.05) is 17.7 Å². The lowest BCUT2D eigenvalue weighted by Gasteiger charge is -2.33.